The standard InChI is InChI=1S/C14H21N3O4S2/c1-9(11-2-3-11)15-12(18)7-22-14-17-16-13(21-14)6-10-4-5-23(19,20)8-10/h9-11H,2-8H2,1H3,(H,15,18)/t9-,10-/m1/s1. The van der Waals surface area contributed by atoms with Crippen molar-refractivity contribution in [1.29, 1.82) is 0 Å². The third-order valence-corrected chi connectivity index (χ3v) is 6.94. The van der Waals surface area contributed by atoms with Crippen LogP contribution in [0.3, 0.4) is 0 Å². The number of rotatable bonds is 7. The van der Waals surface area contributed by atoms with Crippen molar-refractivity contribution in [3.05, 3.63) is 5.89 Å². The van der Waals surface area contributed by atoms with Crippen LogP contribution in [0.15, 0.2) is 9.64 Å². The summed E-state index contributed by atoms with van der Waals surface area (Å²) in [7, 11) is -2.89. The van der Waals surface area contributed by atoms with Gasteiger partial charge in [-0.1, -0.05) is 11.8 Å². The molecule has 0 spiro atoms. The highest BCUT2D eigenvalue weighted by Gasteiger charge is 2.30. The molecular weight excluding hydrogens is 338 g/mol. The summed E-state index contributed by atoms with van der Waals surface area (Å²) in [6.07, 6.45) is 3.52. The Balaban J connectivity index is 1.43. The Morgan fingerprint density at radius 2 is 2.17 bits per heavy atom. The summed E-state index contributed by atoms with van der Waals surface area (Å²) >= 11 is 1.21. The summed E-state index contributed by atoms with van der Waals surface area (Å²) < 4.78 is 28.4. The topological polar surface area (TPSA) is 102 Å². The van der Waals surface area contributed by atoms with Crippen molar-refractivity contribution in [2.45, 2.75) is 43.9 Å². The third-order valence-electron chi connectivity index (χ3n) is 4.28. The summed E-state index contributed by atoms with van der Waals surface area (Å²) in [5.74, 6) is 1.78. The van der Waals surface area contributed by atoms with Gasteiger partial charge in [-0.05, 0) is 38.0 Å². The number of amides is 1. The van der Waals surface area contributed by atoms with Crippen molar-refractivity contribution < 1.29 is 17.6 Å². The van der Waals surface area contributed by atoms with Gasteiger partial charge in [0.05, 0.1) is 17.3 Å². The number of aromatic nitrogens is 2. The van der Waals surface area contributed by atoms with Crippen molar-refractivity contribution in [2.75, 3.05) is 17.3 Å². The second kappa shape index (κ2) is 6.80. The van der Waals surface area contributed by atoms with Crippen molar-refractivity contribution in [3.63, 3.8) is 0 Å². The number of hydrogen-bond donors (Lipinski definition) is 1. The lowest BCUT2D eigenvalue weighted by molar-refractivity contribution is -0.119. The minimum absolute atomic E-state index is 0.0314. The largest absolute Gasteiger partial charge is 0.416 e. The van der Waals surface area contributed by atoms with Gasteiger partial charge in [-0.2, -0.15) is 0 Å². The van der Waals surface area contributed by atoms with Crippen LogP contribution in [0.4, 0.5) is 0 Å². The second-order valence-corrected chi connectivity index (χ2v) is 9.57. The smallest absolute Gasteiger partial charge is 0.277 e. The van der Waals surface area contributed by atoms with Gasteiger partial charge in [0.15, 0.2) is 9.84 Å². The Morgan fingerprint density at radius 1 is 1.39 bits per heavy atom. The van der Waals surface area contributed by atoms with E-state index in [-0.39, 0.29) is 35.1 Å². The van der Waals surface area contributed by atoms with E-state index in [4.69, 9.17) is 4.42 Å². The first-order valence-electron chi connectivity index (χ1n) is 7.86. The van der Waals surface area contributed by atoms with Crippen LogP contribution < -0.4 is 5.32 Å². The molecule has 0 aromatic carbocycles. The van der Waals surface area contributed by atoms with E-state index in [1.54, 1.807) is 0 Å². The summed E-state index contributed by atoms with van der Waals surface area (Å²) in [6, 6.07) is 0.227. The van der Waals surface area contributed by atoms with Crippen LogP contribution in [0.2, 0.25) is 0 Å². The molecule has 7 nitrogen and oxygen atoms in total. The zero-order valence-electron chi connectivity index (χ0n) is 13.0. The molecule has 1 aromatic rings. The Bertz CT molecular complexity index is 669. The summed E-state index contributed by atoms with van der Waals surface area (Å²) in [5, 5.41) is 11.2. The zero-order valence-corrected chi connectivity index (χ0v) is 14.7. The molecule has 1 saturated carbocycles. The van der Waals surface area contributed by atoms with Gasteiger partial charge in [0.25, 0.3) is 5.22 Å². The van der Waals surface area contributed by atoms with Crippen LogP contribution in [0.1, 0.15) is 32.1 Å². The Hall–Kier alpha value is -1.09. The Kier molecular flexibility index (Phi) is 4.96. The molecule has 2 atom stereocenters. The number of carbonyl (C=O) groups is 1. The molecule has 128 valence electrons. The molecule has 1 saturated heterocycles. The van der Waals surface area contributed by atoms with E-state index in [0.717, 1.165) is 0 Å². The molecule has 1 N–H and O–H groups in total. The monoisotopic (exact) mass is 359 g/mol. The van der Waals surface area contributed by atoms with Gasteiger partial charge in [-0.15, -0.1) is 10.2 Å². The van der Waals surface area contributed by atoms with Crippen LogP contribution in [-0.4, -0.2) is 47.8 Å². The molecule has 2 aliphatic rings. The Labute approximate surface area is 139 Å². The van der Waals surface area contributed by atoms with E-state index in [9.17, 15) is 13.2 Å². The van der Waals surface area contributed by atoms with Crippen LogP contribution >= 0.6 is 11.8 Å². The number of nitrogens with zero attached hydrogens (tertiary/aromatic N) is 2. The van der Waals surface area contributed by atoms with E-state index in [1.807, 2.05) is 6.92 Å². The van der Waals surface area contributed by atoms with E-state index < -0.39 is 9.84 Å². The van der Waals surface area contributed by atoms with Crippen molar-refractivity contribution in [2.24, 2.45) is 11.8 Å². The number of carbonyl (C=O) groups excluding carboxylic acids is 1. The first-order valence-corrected chi connectivity index (χ1v) is 10.7. The minimum Gasteiger partial charge on any atom is -0.416 e. The van der Waals surface area contributed by atoms with Crippen molar-refractivity contribution >= 4 is 27.5 Å². The van der Waals surface area contributed by atoms with Crippen molar-refractivity contribution in [1.82, 2.24) is 15.5 Å². The van der Waals surface area contributed by atoms with Crippen LogP contribution in [0.5, 0.6) is 0 Å². The highest BCUT2D eigenvalue weighted by atomic mass is 32.2. The van der Waals surface area contributed by atoms with Gasteiger partial charge in [-0.3, -0.25) is 4.79 Å². The number of nitrogens with one attached hydrogen (secondary N) is 1. The molecule has 23 heavy (non-hydrogen) atoms. The number of hydrogen-bond acceptors (Lipinski definition) is 7. The zero-order chi connectivity index (χ0) is 16.4. The van der Waals surface area contributed by atoms with Crippen LogP contribution in [-0.2, 0) is 21.1 Å². The van der Waals surface area contributed by atoms with Crippen molar-refractivity contribution in [3.8, 4) is 0 Å². The van der Waals surface area contributed by atoms with E-state index in [1.165, 1.54) is 24.6 Å². The molecule has 0 unspecified atom stereocenters. The van der Waals surface area contributed by atoms with Crippen LogP contribution in [0.25, 0.3) is 0 Å². The molecule has 1 amide bonds. The number of thioether (sulfide) groups is 1. The predicted octanol–water partition coefficient (Wildman–Crippen LogP) is 1.05. The summed E-state index contributed by atoms with van der Waals surface area (Å²) in [4.78, 5) is 11.8. The molecular formula is C14H21N3O4S2. The normalized spacial score (nSPS) is 24.5. The number of sulfone groups is 1. The molecule has 0 radical (unpaired) electrons. The van der Waals surface area contributed by atoms with Gasteiger partial charge >= 0.3 is 0 Å². The molecule has 3 rings (SSSR count). The first kappa shape index (κ1) is 16.8. The maximum absolute atomic E-state index is 11.8. The molecule has 0 bridgehead atoms. The summed E-state index contributed by atoms with van der Waals surface area (Å²) in [5.41, 5.74) is 0. The predicted molar refractivity (Wildman–Crippen MR) is 85.8 cm³/mol. The van der Waals surface area contributed by atoms with E-state index >= 15 is 0 Å². The highest BCUT2D eigenvalue weighted by Crippen LogP contribution is 2.32. The molecule has 1 aliphatic heterocycles. The van der Waals surface area contributed by atoms with Crippen LogP contribution in [0, 0.1) is 11.8 Å². The van der Waals surface area contributed by atoms with Gasteiger partial charge in [0.2, 0.25) is 11.8 Å². The molecule has 2 fully saturated rings. The molecule has 9 heteroatoms. The van der Waals surface area contributed by atoms with E-state index in [2.05, 4.69) is 15.5 Å². The van der Waals surface area contributed by atoms with Gasteiger partial charge in [-0.25, -0.2) is 8.42 Å². The minimum atomic E-state index is -2.89. The quantitative estimate of drug-likeness (QED) is 0.726. The lowest BCUT2D eigenvalue weighted by Gasteiger charge is -2.11. The average Bonchev–Trinajstić information content (AvgIpc) is 3.15. The third kappa shape index (κ3) is 4.94. The molecule has 1 aliphatic carbocycles. The Morgan fingerprint density at radius 3 is 2.83 bits per heavy atom. The maximum atomic E-state index is 11.8. The van der Waals surface area contributed by atoms with Gasteiger partial charge in [0, 0.05) is 12.5 Å². The molecule has 1 aromatic heterocycles. The SMILES string of the molecule is C[C@@H](NC(=O)CSc1nnc(C[C@H]2CCS(=O)(=O)C2)o1)C1CC1. The van der Waals surface area contributed by atoms with Gasteiger partial charge < -0.3 is 9.73 Å². The lowest BCUT2D eigenvalue weighted by Crippen LogP contribution is -2.35. The fourth-order valence-electron chi connectivity index (χ4n) is 2.80. The molecule has 2 heterocycles. The van der Waals surface area contributed by atoms with Gasteiger partial charge in [0.1, 0.15) is 0 Å². The van der Waals surface area contributed by atoms with E-state index in [0.29, 0.717) is 29.9 Å². The summed E-state index contributed by atoms with van der Waals surface area (Å²) in [6.45, 7) is 2.03. The lowest BCUT2D eigenvalue weighted by atomic mass is 10.1. The fraction of sp³-hybridized carbons (Fsp3) is 0.786. The fourth-order valence-corrected chi connectivity index (χ4v) is 5.25. The highest BCUT2D eigenvalue weighted by molar-refractivity contribution is 7.99. The average molecular weight is 359 g/mol. The second-order valence-electron chi connectivity index (χ2n) is 6.42. The first-order chi connectivity index (χ1) is 10.9. The maximum Gasteiger partial charge on any atom is 0.277 e.